The van der Waals surface area contributed by atoms with Crippen molar-refractivity contribution >= 4 is 11.8 Å². The normalized spacial score (nSPS) is 13.7. The van der Waals surface area contributed by atoms with E-state index < -0.39 is 18.2 Å². The van der Waals surface area contributed by atoms with E-state index in [1.807, 2.05) is 0 Å². The highest BCUT2D eigenvalue weighted by atomic mass is 16.4. The van der Waals surface area contributed by atoms with Gasteiger partial charge in [0.25, 0.3) is 0 Å². The molecule has 136 valence electrons. The van der Waals surface area contributed by atoms with Gasteiger partial charge in [0.05, 0.1) is 12.2 Å². The molecule has 0 heterocycles. The van der Waals surface area contributed by atoms with Gasteiger partial charge in [-0.25, -0.2) is 0 Å². The maximum atomic E-state index is 11.7. The third-order valence-corrected chi connectivity index (χ3v) is 4.08. The number of aliphatic hydroxyl groups is 2. The fourth-order valence-corrected chi connectivity index (χ4v) is 2.57. The number of carbonyl (C=O) groups is 2. The quantitative estimate of drug-likeness (QED) is 0.377. The zero-order valence-electron chi connectivity index (χ0n) is 14.5. The van der Waals surface area contributed by atoms with E-state index in [1.165, 1.54) is 0 Å². The predicted molar refractivity (Wildman–Crippen MR) is 90.4 cm³/mol. The number of carbonyl (C=O) groups excluding carboxylic acids is 1. The van der Waals surface area contributed by atoms with E-state index in [4.69, 9.17) is 5.11 Å². The molecule has 0 saturated carbocycles. The maximum absolute atomic E-state index is 11.7. The monoisotopic (exact) mass is 330 g/mol. The number of aliphatic carboxylic acids is 1. The van der Waals surface area contributed by atoms with Gasteiger partial charge in [-0.05, 0) is 19.3 Å². The van der Waals surface area contributed by atoms with Crippen LogP contribution in [0.4, 0.5) is 0 Å². The Hall–Kier alpha value is -0.940. The van der Waals surface area contributed by atoms with E-state index >= 15 is 0 Å². The number of rotatable bonds is 16. The molecule has 0 amide bonds. The van der Waals surface area contributed by atoms with Crippen LogP contribution in [-0.4, -0.2) is 39.3 Å². The van der Waals surface area contributed by atoms with E-state index in [0.717, 1.165) is 51.4 Å². The molecule has 0 aromatic heterocycles. The molecule has 2 atom stereocenters. The summed E-state index contributed by atoms with van der Waals surface area (Å²) in [6, 6.07) is 0. The van der Waals surface area contributed by atoms with Crippen molar-refractivity contribution in [1.29, 1.82) is 0 Å². The highest BCUT2D eigenvalue weighted by Crippen LogP contribution is 2.13. The molecule has 0 aromatic carbocycles. The van der Waals surface area contributed by atoms with Crippen molar-refractivity contribution in [3.05, 3.63) is 0 Å². The van der Waals surface area contributed by atoms with Gasteiger partial charge in [0.2, 0.25) is 0 Å². The van der Waals surface area contributed by atoms with Crippen molar-refractivity contribution in [3.63, 3.8) is 0 Å². The molecule has 0 unspecified atom stereocenters. The van der Waals surface area contributed by atoms with Gasteiger partial charge in [0, 0.05) is 19.3 Å². The average molecular weight is 330 g/mol. The Balaban J connectivity index is 3.59. The van der Waals surface area contributed by atoms with Gasteiger partial charge in [-0.2, -0.15) is 0 Å². The van der Waals surface area contributed by atoms with Gasteiger partial charge in [-0.1, -0.05) is 51.9 Å². The third kappa shape index (κ3) is 14.4. The Bertz CT molecular complexity index is 317. The van der Waals surface area contributed by atoms with Crippen molar-refractivity contribution in [2.45, 2.75) is 103 Å². The molecule has 0 saturated heterocycles. The standard InChI is InChI=1S/C18H34O5/c1-2-3-4-8-11-15(19)14-17(21)16(20)12-9-6-5-7-10-13-18(22)23/h16-17,20-21H,2-14H2,1H3,(H,22,23)/t16-,17-/m0/s1. The average Bonchev–Trinajstić information content (AvgIpc) is 2.50. The Kier molecular flexibility index (Phi) is 14.0. The zero-order valence-corrected chi connectivity index (χ0v) is 14.5. The first-order valence-corrected chi connectivity index (χ1v) is 9.07. The lowest BCUT2D eigenvalue weighted by atomic mass is 9.99. The Morgan fingerprint density at radius 2 is 1.35 bits per heavy atom. The summed E-state index contributed by atoms with van der Waals surface area (Å²) in [5.41, 5.74) is 0. The first-order chi connectivity index (χ1) is 11.0. The van der Waals surface area contributed by atoms with Gasteiger partial charge >= 0.3 is 5.97 Å². The summed E-state index contributed by atoms with van der Waals surface area (Å²) in [7, 11) is 0. The maximum Gasteiger partial charge on any atom is 0.303 e. The molecular weight excluding hydrogens is 296 g/mol. The Morgan fingerprint density at radius 3 is 2.00 bits per heavy atom. The highest BCUT2D eigenvalue weighted by Gasteiger charge is 2.19. The molecule has 0 aromatic rings. The number of hydrogen-bond donors (Lipinski definition) is 3. The van der Waals surface area contributed by atoms with Crippen LogP contribution in [0.25, 0.3) is 0 Å². The second kappa shape index (κ2) is 14.6. The largest absolute Gasteiger partial charge is 0.481 e. The molecule has 0 aliphatic rings. The number of carboxylic acids is 1. The number of aliphatic hydroxyl groups excluding tert-OH is 2. The SMILES string of the molecule is CCCCCCC(=O)C[C@H](O)[C@@H](O)CCCCCCCC(=O)O. The number of ketones is 1. The highest BCUT2D eigenvalue weighted by molar-refractivity contribution is 5.78. The first kappa shape index (κ1) is 22.1. The van der Waals surface area contributed by atoms with Gasteiger partial charge in [-0.3, -0.25) is 9.59 Å². The summed E-state index contributed by atoms with van der Waals surface area (Å²) in [6.45, 7) is 2.12. The van der Waals surface area contributed by atoms with E-state index in [1.54, 1.807) is 0 Å². The van der Waals surface area contributed by atoms with Crippen LogP contribution in [0.3, 0.4) is 0 Å². The number of carboxylic acid groups (broad SMARTS) is 1. The second-order valence-corrected chi connectivity index (χ2v) is 6.39. The van der Waals surface area contributed by atoms with Crippen LogP contribution in [0.15, 0.2) is 0 Å². The smallest absolute Gasteiger partial charge is 0.303 e. The Labute approximate surface area is 140 Å². The molecule has 5 heteroatoms. The van der Waals surface area contributed by atoms with Crippen LogP contribution in [-0.2, 0) is 9.59 Å². The van der Waals surface area contributed by atoms with Crippen molar-refractivity contribution < 1.29 is 24.9 Å². The second-order valence-electron chi connectivity index (χ2n) is 6.39. The van der Waals surface area contributed by atoms with Crippen molar-refractivity contribution in [2.75, 3.05) is 0 Å². The molecule has 0 spiro atoms. The molecule has 0 fully saturated rings. The fourth-order valence-electron chi connectivity index (χ4n) is 2.57. The van der Waals surface area contributed by atoms with E-state index in [2.05, 4.69) is 6.92 Å². The molecular formula is C18H34O5. The van der Waals surface area contributed by atoms with Crippen LogP contribution in [0, 0.1) is 0 Å². The topological polar surface area (TPSA) is 94.8 Å². The van der Waals surface area contributed by atoms with Crippen LogP contribution in [0.2, 0.25) is 0 Å². The van der Waals surface area contributed by atoms with Gasteiger partial charge in [-0.15, -0.1) is 0 Å². The minimum Gasteiger partial charge on any atom is -0.481 e. The predicted octanol–water partition coefficient (Wildman–Crippen LogP) is 3.45. The van der Waals surface area contributed by atoms with Crippen molar-refractivity contribution in [3.8, 4) is 0 Å². The molecule has 0 radical (unpaired) electrons. The molecule has 3 N–H and O–H groups in total. The van der Waals surface area contributed by atoms with Gasteiger partial charge in [0.1, 0.15) is 5.78 Å². The van der Waals surface area contributed by atoms with E-state index in [0.29, 0.717) is 19.3 Å². The summed E-state index contributed by atoms with van der Waals surface area (Å²) < 4.78 is 0. The van der Waals surface area contributed by atoms with Crippen molar-refractivity contribution in [2.24, 2.45) is 0 Å². The molecule has 0 bridgehead atoms. The zero-order chi connectivity index (χ0) is 17.5. The minimum absolute atomic E-state index is 0.0290. The minimum atomic E-state index is -0.958. The van der Waals surface area contributed by atoms with Gasteiger partial charge in [0.15, 0.2) is 0 Å². The summed E-state index contributed by atoms with van der Waals surface area (Å²) in [6.07, 6.45) is 7.81. The van der Waals surface area contributed by atoms with Crippen LogP contribution >= 0.6 is 0 Å². The summed E-state index contributed by atoms with van der Waals surface area (Å²) in [5.74, 6) is -0.732. The van der Waals surface area contributed by atoms with Crippen molar-refractivity contribution in [1.82, 2.24) is 0 Å². The fraction of sp³-hybridized carbons (Fsp3) is 0.889. The molecule has 0 rings (SSSR count). The number of Topliss-reactive ketones (excluding diaryl/α,β-unsaturated/α-hetero) is 1. The first-order valence-electron chi connectivity index (χ1n) is 9.07. The Morgan fingerprint density at radius 1 is 0.783 bits per heavy atom. The van der Waals surface area contributed by atoms with Crippen LogP contribution in [0.5, 0.6) is 0 Å². The molecule has 5 nitrogen and oxygen atoms in total. The summed E-state index contributed by atoms with van der Waals surface area (Å²) >= 11 is 0. The summed E-state index contributed by atoms with van der Waals surface area (Å²) in [5, 5.41) is 28.2. The lowest BCUT2D eigenvalue weighted by Gasteiger charge is -2.17. The summed E-state index contributed by atoms with van der Waals surface area (Å²) in [4.78, 5) is 22.1. The number of hydrogen-bond acceptors (Lipinski definition) is 4. The van der Waals surface area contributed by atoms with E-state index in [-0.39, 0.29) is 18.6 Å². The van der Waals surface area contributed by atoms with E-state index in [9.17, 15) is 19.8 Å². The number of unbranched alkanes of at least 4 members (excludes halogenated alkanes) is 7. The molecule has 23 heavy (non-hydrogen) atoms. The lowest BCUT2D eigenvalue weighted by molar-refractivity contribution is -0.137. The molecule has 0 aliphatic carbocycles. The third-order valence-electron chi connectivity index (χ3n) is 4.08. The van der Waals surface area contributed by atoms with Crippen LogP contribution in [0.1, 0.15) is 90.4 Å². The van der Waals surface area contributed by atoms with Crippen LogP contribution < -0.4 is 0 Å². The lowest BCUT2D eigenvalue weighted by Crippen LogP contribution is -2.28. The van der Waals surface area contributed by atoms with Gasteiger partial charge < -0.3 is 15.3 Å². The molecule has 0 aliphatic heterocycles.